The van der Waals surface area contributed by atoms with Crippen molar-refractivity contribution in [1.29, 1.82) is 0 Å². The monoisotopic (exact) mass is 563 g/mol. The molecule has 0 radical (unpaired) electrons. The third-order valence-electron chi connectivity index (χ3n) is 4.71. The lowest BCUT2D eigenvalue weighted by Crippen LogP contribution is -2.29. The first kappa shape index (κ1) is 28.7. The van der Waals surface area contributed by atoms with Crippen LogP contribution in [0.3, 0.4) is 0 Å². The Morgan fingerprint density at radius 2 is 1.58 bits per heavy atom. The Morgan fingerprint density at radius 3 is 2.11 bits per heavy atom. The molecule has 2 heterocycles. The Hall–Kier alpha value is -3.89. The first-order chi connectivity index (χ1) is 17.3. The van der Waals surface area contributed by atoms with E-state index in [0.717, 1.165) is 17.1 Å². The number of nitrogens with one attached hydrogen (secondary N) is 1. The number of alkyl halides is 6. The summed E-state index contributed by atoms with van der Waals surface area (Å²) in [4.78, 5) is 36.9. The zero-order valence-electron chi connectivity index (χ0n) is 20.0. The minimum Gasteiger partial charge on any atom is -0.342 e. The summed E-state index contributed by atoms with van der Waals surface area (Å²) in [5, 5.41) is 6.42. The summed E-state index contributed by atoms with van der Waals surface area (Å²) < 4.78 is 95.5. The molecule has 3 aromatic rings. The van der Waals surface area contributed by atoms with Gasteiger partial charge < -0.3 is 5.32 Å². The normalized spacial score (nSPS) is 13.2. The van der Waals surface area contributed by atoms with Crippen molar-refractivity contribution in [1.82, 2.24) is 30.0 Å². The number of hydrogen-bond acceptors (Lipinski definition) is 7. The van der Waals surface area contributed by atoms with Gasteiger partial charge in [0.05, 0.1) is 17.2 Å². The number of carbonyl (C=O) groups is 2. The number of halogens is 6. The number of aromatic nitrogens is 5. The van der Waals surface area contributed by atoms with Crippen molar-refractivity contribution in [2.45, 2.75) is 32.2 Å². The van der Waals surface area contributed by atoms with Gasteiger partial charge in [0.25, 0.3) is 5.91 Å². The Labute approximate surface area is 211 Å². The van der Waals surface area contributed by atoms with Crippen LogP contribution >= 0.6 is 0 Å². The predicted octanol–water partition coefficient (Wildman–Crippen LogP) is 3.76. The van der Waals surface area contributed by atoms with Crippen LogP contribution in [0, 0.1) is 6.92 Å². The van der Waals surface area contributed by atoms with Gasteiger partial charge in [0.1, 0.15) is 17.8 Å². The van der Waals surface area contributed by atoms with Crippen LogP contribution in [0.1, 0.15) is 56.6 Å². The number of aryl methyl sites for hydroxylation is 1. The second-order valence-electron chi connectivity index (χ2n) is 8.26. The molecule has 0 aliphatic heterocycles. The van der Waals surface area contributed by atoms with E-state index in [-0.39, 0.29) is 29.2 Å². The van der Waals surface area contributed by atoms with Gasteiger partial charge >= 0.3 is 18.3 Å². The van der Waals surface area contributed by atoms with E-state index in [0.29, 0.717) is 12.1 Å². The molecule has 0 saturated carbocycles. The summed E-state index contributed by atoms with van der Waals surface area (Å²) in [6, 6.07) is 0.579. The van der Waals surface area contributed by atoms with Crippen molar-refractivity contribution in [2.75, 3.05) is 12.5 Å². The molecule has 17 heteroatoms. The van der Waals surface area contributed by atoms with Crippen molar-refractivity contribution in [2.24, 2.45) is 4.36 Å². The first-order valence-corrected chi connectivity index (χ1v) is 12.8. The fourth-order valence-corrected chi connectivity index (χ4v) is 3.63. The van der Waals surface area contributed by atoms with Crippen LogP contribution in [0.2, 0.25) is 0 Å². The van der Waals surface area contributed by atoms with E-state index in [1.165, 1.54) is 26.4 Å². The van der Waals surface area contributed by atoms with Crippen molar-refractivity contribution in [3.8, 4) is 5.82 Å². The molecule has 0 bridgehead atoms. The highest BCUT2D eigenvalue weighted by molar-refractivity contribution is 7.92. The minimum atomic E-state index is -5.13. The Kier molecular flexibility index (Phi) is 7.63. The summed E-state index contributed by atoms with van der Waals surface area (Å²) >= 11 is 0. The second kappa shape index (κ2) is 10.1. The second-order valence-corrected chi connectivity index (χ2v) is 10.8. The maximum atomic E-state index is 13.2. The molecule has 2 aromatic heterocycles. The molecule has 0 saturated heterocycles. The van der Waals surface area contributed by atoms with E-state index >= 15 is 0 Å². The van der Waals surface area contributed by atoms with E-state index in [4.69, 9.17) is 0 Å². The smallest absolute Gasteiger partial charge is 0.342 e. The summed E-state index contributed by atoms with van der Waals surface area (Å²) in [5.41, 5.74) is -4.39. The SMILES string of the molecule is Cc1nc([C@H](C)NC(=O)c2cc(C(F)(F)F)cc(C(F)(F)F)c2)n(-c2cc(C(=O)N=S(C)(C)=O)ncn2)n1. The molecule has 3 rings (SSSR count). The standard InChI is InChI=1S/C21H19F6N7O3S/c1-10(30-18(35)12-5-13(20(22,23)24)7-14(6-12)21(25,26)27)17-31-11(2)32-34(17)16-8-15(28-9-29-16)19(36)33-38(3,4)37/h5-10H,1-4H3,(H,30,35)/t10-/m0/s1. The van der Waals surface area contributed by atoms with E-state index in [1.54, 1.807) is 0 Å². The molecule has 1 N–H and O–H groups in total. The zero-order valence-corrected chi connectivity index (χ0v) is 20.9. The number of benzene rings is 1. The molecule has 10 nitrogen and oxygen atoms in total. The molecule has 0 spiro atoms. The molecule has 204 valence electrons. The van der Waals surface area contributed by atoms with Gasteiger partial charge in [0.2, 0.25) is 0 Å². The van der Waals surface area contributed by atoms with Gasteiger partial charge in [-0.25, -0.2) is 19.2 Å². The maximum Gasteiger partial charge on any atom is 0.416 e. The van der Waals surface area contributed by atoms with Crippen LogP contribution in [-0.2, 0) is 22.1 Å². The van der Waals surface area contributed by atoms with Crippen molar-refractivity contribution < 1.29 is 40.1 Å². The highest BCUT2D eigenvalue weighted by Crippen LogP contribution is 2.36. The molecule has 0 aliphatic carbocycles. The van der Waals surface area contributed by atoms with Crippen LogP contribution < -0.4 is 5.32 Å². The van der Waals surface area contributed by atoms with Gasteiger partial charge in [-0.15, -0.1) is 5.10 Å². The number of nitrogens with zero attached hydrogens (tertiary/aromatic N) is 6. The van der Waals surface area contributed by atoms with E-state index in [2.05, 4.69) is 29.7 Å². The van der Waals surface area contributed by atoms with Gasteiger partial charge in [-0.2, -0.15) is 35.4 Å². The lowest BCUT2D eigenvalue weighted by atomic mass is 10.0. The minimum absolute atomic E-state index is 0.0114. The van der Waals surface area contributed by atoms with Crippen LogP contribution in [-0.4, -0.2) is 53.3 Å². The van der Waals surface area contributed by atoms with Crippen LogP contribution in [0.5, 0.6) is 0 Å². The lowest BCUT2D eigenvalue weighted by Gasteiger charge is -2.17. The molecule has 1 atom stereocenters. The topological polar surface area (TPSA) is 132 Å². The van der Waals surface area contributed by atoms with Crippen molar-refractivity contribution in [3.63, 3.8) is 0 Å². The van der Waals surface area contributed by atoms with Crippen molar-refractivity contribution >= 4 is 21.5 Å². The summed E-state index contributed by atoms with van der Waals surface area (Å²) in [7, 11) is -2.79. The van der Waals surface area contributed by atoms with E-state index in [9.17, 15) is 40.1 Å². The van der Waals surface area contributed by atoms with Gasteiger partial charge in [0.15, 0.2) is 11.6 Å². The third-order valence-corrected chi connectivity index (χ3v) is 5.32. The largest absolute Gasteiger partial charge is 0.416 e. The quantitative estimate of drug-likeness (QED) is 0.468. The number of carbonyl (C=O) groups excluding carboxylic acids is 2. The molecular formula is C21H19F6N7O3S. The summed E-state index contributed by atoms with van der Waals surface area (Å²) in [5.74, 6) is -2.00. The average Bonchev–Trinajstić information content (AvgIpc) is 3.18. The van der Waals surface area contributed by atoms with Gasteiger partial charge in [-0.1, -0.05) is 0 Å². The van der Waals surface area contributed by atoms with Crippen LogP contribution in [0.15, 0.2) is 35.0 Å². The molecule has 0 unspecified atom stereocenters. The fourth-order valence-electron chi connectivity index (χ4n) is 3.14. The molecule has 2 amide bonds. The first-order valence-electron chi connectivity index (χ1n) is 10.4. The number of rotatable bonds is 5. The molecule has 0 aliphatic rings. The van der Waals surface area contributed by atoms with Crippen molar-refractivity contribution in [3.05, 3.63) is 64.6 Å². The van der Waals surface area contributed by atoms with E-state index in [1.807, 2.05) is 0 Å². The van der Waals surface area contributed by atoms with Crippen LogP contribution in [0.25, 0.3) is 5.82 Å². The Bertz CT molecular complexity index is 1480. The van der Waals surface area contributed by atoms with E-state index < -0.39 is 56.6 Å². The molecule has 38 heavy (non-hydrogen) atoms. The van der Waals surface area contributed by atoms with Gasteiger partial charge in [0, 0.05) is 33.9 Å². The maximum absolute atomic E-state index is 13.2. The third kappa shape index (κ3) is 6.90. The Balaban J connectivity index is 1.97. The van der Waals surface area contributed by atoms with Gasteiger partial charge in [-0.05, 0) is 32.0 Å². The van der Waals surface area contributed by atoms with Crippen LogP contribution in [0.4, 0.5) is 26.3 Å². The highest BCUT2D eigenvalue weighted by Gasteiger charge is 2.37. The fraction of sp³-hybridized carbons (Fsp3) is 0.333. The van der Waals surface area contributed by atoms with Gasteiger partial charge in [-0.3, -0.25) is 9.59 Å². The number of hydrogen-bond donors (Lipinski definition) is 1. The zero-order chi connectivity index (χ0) is 28.6. The highest BCUT2D eigenvalue weighted by atomic mass is 32.2. The lowest BCUT2D eigenvalue weighted by molar-refractivity contribution is -0.143. The predicted molar refractivity (Wildman–Crippen MR) is 121 cm³/mol. The average molecular weight is 563 g/mol. The molecule has 1 aromatic carbocycles. The summed E-state index contributed by atoms with van der Waals surface area (Å²) in [6.07, 6.45) is -6.76. The molecule has 0 fully saturated rings. The molecular weight excluding hydrogens is 544 g/mol. The Morgan fingerprint density at radius 1 is 1.00 bits per heavy atom. The summed E-state index contributed by atoms with van der Waals surface area (Å²) in [6.45, 7) is 2.84. The number of amides is 2.